The van der Waals surface area contributed by atoms with Gasteiger partial charge in [-0.3, -0.25) is 4.79 Å². The first kappa shape index (κ1) is 25.7. The Hall–Kier alpha value is -2.88. The van der Waals surface area contributed by atoms with Gasteiger partial charge in [-0.15, -0.1) is 0 Å². The lowest BCUT2D eigenvalue weighted by Gasteiger charge is -2.39. The number of carbonyl (C=O) groups is 2. The van der Waals surface area contributed by atoms with Crippen LogP contribution >= 0.6 is 0 Å². The molecule has 0 spiro atoms. The predicted molar refractivity (Wildman–Crippen MR) is 121 cm³/mol. The van der Waals surface area contributed by atoms with E-state index < -0.39 is 48.4 Å². The van der Waals surface area contributed by atoms with E-state index >= 15 is 0 Å². The van der Waals surface area contributed by atoms with Crippen LogP contribution in [0.25, 0.3) is 6.08 Å². The van der Waals surface area contributed by atoms with Gasteiger partial charge in [0.25, 0.3) is 0 Å². The van der Waals surface area contributed by atoms with E-state index in [1.165, 1.54) is 30.5 Å². The molecule has 0 unspecified atom stereocenters. The molecule has 34 heavy (non-hydrogen) atoms. The summed E-state index contributed by atoms with van der Waals surface area (Å²) in [7, 11) is 0. The van der Waals surface area contributed by atoms with Crippen LogP contribution in [0.2, 0.25) is 0 Å². The topological polar surface area (TPSA) is 143 Å². The summed E-state index contributed by atoms with van der Waals surface area (Å²) in [5, 5.41) is 40.6. The number of aliphatic hydroxyl groups is 3. The van der Waals surface area contributed by atoms with E-state index in [1.807, 2.05) is 13.8 Å². The van der Waals surface area contributed by atoms with Gasteiger partial charge in [-0.25, -0.2) is 4.79 Å². The van der Waals surface area contributed by atoms with Crippen molar-refractivity contribution in [1.82, 2.24) is 0 Å². The highest BCUT2D eigenvalue weighted by Gasteiger charge is 2.62. The third-order valence-electron chi connectivity index (χ3n) is 6.62. The molecule has 3 rings (SSSR count). The molecule has 2 aliphatic rings. The number of phenols is 1. The Labute approximate surface area is 198 Å². The van der Waals surface area contributed by atoms with Gasteiger partial charge in [-0.05, 0) is 41.7 Å². The number of hydrogen-bond donors (Lipinski definition) is 4. The molecule has 1 aliphatic heterocycles. The van der Waals surface area contributed by atoms with Gasteiger partial charge in [0.15, 0.2) is 0 Å². The smallest absolute Gasteiger partial charge is 0.331 e. The summed E-state index contributed by atoms with van der Waals surface area (Å²) in [4.78, 5) is 24.9. The highest BCUT2D eigenvalue weighted by atomic mass is 16.7. The first-order valence-electron chi connectivity index (χ1n) is 11.4. The lowest BCUT2D eigenvalue weighted by molar-refractivity contribution is -0.221. The Morgan fingerprint density at radius 1 is 1.24 bits per heavy atom. The van der Waals surface area contributed by atoms with Crippen molar-refractivity contribution in [2.75, 3.05) is 13.2 Å². The van der Waals surface area contributed by atoms with Crippen molar-refractivity contribution in [1.29, 1.82) is 0 Å². The van der Waals surface area contributed by atoms with E-state index in [0.717, 1.165) is 6.42 Å². The average Bonchev–Trinajstić information content (AvgIpc) is 3.11. The maximum absolute atomic E-state index is 12.5. The number of phenolic OH excluding ortho intramolecular Hbond substituents is 1. The molecule has 186 valence electrons. The molecule has 0 bridgehead atoms. The quantitative estimate of drug-likeness (QED) is 0.310. The van der Waals surface area contributed by atoms with Crippen LogP contribution in [-0.4, -0.2) is 63.6 Å². The van der Waals surface area contributed by atoms with Crippen molar-refractivity contribution in [3.05, 3.63) is 47.7 Å². The minimum Gasteiger partial charge on any atom is -0.508 e. The molecule has 1 aromatic rings. The van der Waals surface area contributed by atoms with Crippen molar-refractivity contribution in [3.63, 3.8) is 0 Å². The maximum atomic E-state index is 12.5. The molecule has 0 radical (unpaired) electrons. The molecule has 1 heterocycles. The second-order valence-corrected chi connectivity index (χ2v) is 8.93. The van der Waals surface area contributed by atoms with Gasteiger partial charge in [-0.2, -0.15) is 0 Å². The molecule has 0 aromatic heterocycles. The van der Waals surface area contributed by atoms with Crippen LogP contribution in [0.4, 0.5) is 0 Å². The molecule has 0 amide bonds. The van der Waals surface area contributed by atoms with Crippen LogP contribution in [0.5, 0.6) is 5.75 Å². The summed E-state index contributed by atoms with van der Waals surface area (Å²) in [6, 6.07) is 6.17. The number of hydrogen-bond acceptors (Lipinski definition) is 9. The van der Waals surface area contributed by atoms with Crippen molar-refractivity contribution in [3.8, 4) is 5.75 Å². The van der Waals surface area contributed by atoms with Gasteiger partial charge in [0.05, 0.1) is 25.4 Å². The zero-order valence-electron chi connectivity index (χ0n) is 19.3. The number of aliphatic hydroxyl groups excluding tert-OH is 2. The van der Waals surface area contributed by atoms with Crippen molar-refractivity contribution in [2.24, 2.45) is 17.8 Å². The summed E-state index contributed by atoms with van der Waals surface area (Å²) in [6.45, 7) is 2.74. The molecular weight excluding hydrogens is 444 g/mol. The number of carbonyl (C=O) groups excluding carboxylic acids is 2. The SMILES string of the molecule is CC[C@@H](C)CC(=O)O[C@@H]1OC=C(CO)[C@H]2C[C@H](OC(=O)/C=C\c3ccc(O)cc3)[C@](O)(CO)[C@@H]12. The second-order valence-electron chi connectivity index (χ2n) is 8.93. The lowest BCUT2D eigenvalue weighted by atomic mass is 9.80. The highest BCUT2D eigenvalue weighted by Crippen LogP contribution is 2.50. The van der Waals surface area contributed by atoms with Gasteiger partial charge in [0.2, 0.25) is 6.29 Å². The van der Waals surface area contributed by atoms with Gasteiger partial charge in [-0.1, -0.05) is 32.4 Å². The molecule has 1 saturated carbocycles. The predicted octanol–water partition coefficient (Wildman–Crippen LogP) is 1.89. The summed E-state index contributed by atoms with van der Waals surface area (Å²) in [5.74, 6) is -2.53. The molecule has 0 saturated heterocycles. The fourth-order valence-electron chi connectivity index (χ4n) is 4.43. The Morgan fingerprint density at radius 3 is 2.56 bits per heavy atom. The fourth-order valence-corrected chi connectivity index (χ4v) is 4.43. The Morgan fingerprint density at radius 2 is 1.94 bits per heavy atom. The van der Waals surface area contributed by atoms with E-state index in [2.05, 4.69) is 0 Å². The van der Waals surface area contributed by atoms with E-state index in [-0.39, 0.29) is 31.1 Å². The van der Waals surface area contributed by atoms with E-state index in [1.54, 1.807) is 12.1 Å². The highest BCUT2D eigenvalue weighted by molar-refractivity contribution is 5.87. The Bertz CT molecular complexity index is 923. The number of esters is 2. The minimum absolute atomic E-state index is 0.0932. The molecule has 9 heteroatoms. The van der Waals surface area contributed by atoms with Crippen molar-refractivity contribution in [2.45, 2.75) is 51.1 Å². The third-order valence-corrected chi connectivity index (χ3v) is 6.62. The molecule has 9 nitrogen and oxygen atoms in total. The van der Waals surface area contributed by atoms with Crippen LogP contribution in [-0.2, 0) is 23.8 Å². The fraction of sp³-hybridized carbons (Fsp3) is 0.520. The Balaban J connectivity index is 1.77. The van der Waals surface area contributed by atoms with E-state index in [9.17, 15) is 30.0 Å². The maximum Gasteiger partial charge on any atom is 0.331 e. The summed E-state index contributed by atoms with van der Waals surface area (Å²) in [6.07, 6.45) is 2.70. The minimum atomic E-state index is -1.96. The van der Waals surface area contributed by atoms with Gasteiger partial charge in [0.1, 0.15) is 17.5 Å². The largest absolute Gasteiger partial charge is 0.508 e. The van der Waals surface area contributed by atoms with Gasteiger partial charge < -0.3 is 34.6 Å². The number of benzene rings is 1. The molecule has 4 N–H and O–H groups in total. The number of ether oxygens (including phenoxy) is 3. The van der Waals surface area contributed by atoms with Gasteiger partial charge in [0, 0.05) is 18.4 Å². The molecule has 1 aliphatic carbocycles. The van der Waals surface area contributed by atoms with Crippen LogP contribution in [0, 0.1) is 17.8 Å². The number of rotatable bonds is 9. The van der Waals surface area contributed by atoms with E-state index in [0.29, 0.717) is 11.1 Å². The third kappa shape index (κ3) is 5.60. The first-order chi connectivity index (χ1) is 16.2. The van der Waals surface area contributed by atoms with E-state index in [4.69, 9.17) is 14.2 Å². The molecule has 1 aromatic carbocycles. The van der Waals surface area contributed by atoms with Crippen LogP contribution < -0.4 is 0 Å². The Kier molecular flexibility index (Phi) is 8.35. The molecular formula is C25H32O9. The zero-order valence-corrected chi connectivity index (χ0v) is 19.3. The van der Waals surface area contributed by atoms with Crippen molar-refractivity contribution < 1.29 is 44.2 Å². The molecule has 1 fully saturated rings. The normalized spacial score (nSPS) is 29.1. The monoisotopic (exact) mass is 476 g/mol. The van der Waals surface area contributed by atoms with Crippen LogP contribution in [0.1, 0.15) is 38.7 Å². The zero-order chi connectivity index (χ0) is 24.9. The average molecular weight is 477 g/mol. The summed E-state index contributed by atoms with van der Waals surface area (Å²) in [5.41, 5.74) is -0.855. The number of fused-ring (bicyclic) bond motifs is 1. The van der Waals surface area contributed by atoms with Crippen LogP contribution in [0.15, 0.2) is 42.2 Å². The standard InChI is InChI=1S/C25H32O9/c1-3-15(2)10-22(30)34-24-23-19(17(12-26)13-32-24)11-20(25(23,31)14-27)33-21(29)9-6-16-4-7-18(28)8-5-16/h4-9,13,15,19-20,23-24,26-28,31H,3,10-12,14H2,1-2H3/b9-6-/t15-,19-,20+,23-,24+,25-/m1/s1. The van der Waals surface area contributed by atoms with Crippen LogP contribution in [0.3, 0.4) is 0 Å². The lowest BCUT2D eigenvalue weighted by Crippen LogP contribution is -2.54. The summed E-state index contributed by atoms with van der Waals surface area (Å²) < 4.78 is 16.5. The van der Waals surface area contributed by atoms with Gasteiger partial charge >= 0.3 is 11.9 Å². The number of aromatic hydroxyl groups is 1. The first-order valence-corrected chi connectivity index (χ1v) is 11.4. The second kappa shape index (κ2) is 11.0. The van der Waals surface area contributed by atoms with Crippen molar-refractivity contribution >= 4 is 18.0 Å². The summed E-state index contributed by atoms with van der Waals surface area (Å²) >= 11 is 0. The molecule has 6 atom stereocenters.